The highest BCUT2D eigenvalue weighted by atomic mass is 35.5. The summed E-state index contributed by atoms with van der Waals surface area (Å²) in [7, 11) is -3.93. The summed E-state index contributed by atoms with van der Waals surface area (Å²) < 4.78 is 33.0. The number of halogens is 2. The number of rotatable bonds is 10. The van der Waals surface area contributed by atoms with Crippen molar-refractivity contribution >= 4 is 50.3 Å². The maximum atomic E-state index is 12.8. The third-order valence-corrected chi connectivity index (χ3v) is 8.60. The Hall–Kier alpha value is -2.64. The lowest BCUT2D eigenvalue weighted by atomic mass is 10.1. The Labute approximate surface area is 208 Å². The van der Waals surface area contributed by atoms with Crippen molar-refractivity contribution in [3.05, 3.63) is 64.1 Å². The molecule has 0 aliphatic rings. The van der Waals surface area contributed by atoms with E-state index in [4.69, 9.17) is 27.7 Å². The van der Waals surface area contributed by atoms with E-state index in [1.54, 1.807) is 37.3 Å². The van der Waals surface area contributed by atoms with E-state index >= 15 is 0 Å². The van der Waals surface area contributed by atoms with Gasteiger partial charge in [-0.15, -0.1) is 21.5 Å². The summed E-state index contributed by atoms with van der Waals surface area (Å²) in [6.45, 7) is 1.46. The van der Waals surface area contributed by atoms with Gasteiger partial charge in [0.25, 0.3) is 10.0 Å². The molecule has 0 aliphatic carbocycles. The molecule has 10 nitrogen and oxygen atoms in total. The minimum Gasteiger partial charge on any atom is -0.364 e. The van der Waals surface area contributed by atoms with E-state index < -0.39 is 21.8 Å². The maximum Gasteiger partial charge on any atom is 0.250 e. The van der Waals surface area contributed by atoms with Crippen molar-refractivity contribution in [3.8, 4) is 10.6 Å². The van der Waals surface area contributed by atoms with Crippen LogP contribution in [-0.2, 0) is 27.8 Å². The highest BCUT2D eigenvalue weighted by molar-refractivity contribution is 7.91. The van der Waals surface area contributed by atoms with E-state index in [9.17, 15) is 13.2 Å². The number of benzene rings is 1. The molecule has 4 rings (SSSR count). The molecule has 0 spiro atoms. The molecule has 4 aromatic rings. The van der Waals surface area contributed by atoms with Crippen molar-refractivity contribution in [2.75, 3.05) is 0 Å². The Balaban J connectivity index is 1.42. The quantitative estimate of drug-likeness (QED) is 0.322. The minimum absolute atomic E-state index is 0.0644. The number of aromatic nitrogens is 5. The topological polar surface area (TPSA) is 133 Å². The van der Waals surface area contributed by atoms with Gasteiger partial charge in [-0.2, -0.15) is 9.52 Å². The fourth-order valence-electron chi connectivity index (χ4n) is 3.09. The third kappa shape index (κ3) is 5.53. The average molecular weight is 541 g/mol. The smallest absolute Gasteiger partial charge is 0.250 e. The summed E-state index contributed by atoms with van der Waals surface area (Å²) >= 11 is 13.4. The molecule has 178 valence electrons. The van der Waals surface area contributed by atoms with E-state index in [2.05, 4.69) is 25.3 Å². The molecule has 0 radical (unpaired) electrons. The Morgan fingerprint density at radius 2 is 1.97 bits per heavy atom. The van der Waals surface area contributed by atoms with Gasteiger partial charge in [-0.25, -0.2) is 8.42 Å². The minimum atomic E-state index is -3.93. The van der Waals surface area contributed by atoms with Crippen molar-refractivity contribution in [3.63, 3.8) is 0 Å². The number of sulfonamides is 1. The van der Waals surface area contributed by atoms with Crippen LogP contribution in [0.5, 0.6) is 0 Å². The monoisotopic (exact) mass is 540 g/mol. The second kappa shape index (κ2) is 10.3. The molecule has 3 heterocycles. The van der Waals surface area contributed by atoms with Gasteiger partial charge >= 0.3 is 0 Å². The van der Waals surface area contributed by atoms with E-state index in [1.165, 1.54) is 12.3 Å². The molecule has 1 aromatic carbocycles. The number of nitrogens with zero attached hydrogens (tertiary/aromatic N) is 5. The van der Waals surface area contributed by atoms with Crippen LogP contribution in [0.2, 0.25) is 10.0 Å². The molecule has 0 saturated heterocycles. The molecular weight excluding hydrogens is 523 g/mol. The zero-order valence-electron chi connectivity index (χ0n) is 17.7. The summed E-state index contributed by atoms with van der Waals surface area (Å²) in [6, 6.07) is 8.90. The number of nitrogens with one attached hydrogen (secondary N) is 1. The Morgan fingerprint density at radius 3 is 2.65 bits per heavy atom. The average Bonchev–Trinajstić information content (AvgIpc) is 3.56. The molecule has 1 N–H and O–H groups in total. The second-order valence-electron chi connectivity index (χ2n) is 7.16. The lowest BCUT2D eigenvalue weighted by Crippen LogP contribution is -2.41. The second-order valence-corrected chi connectivity index (χ2v) is 11.0. The lowest BCUT2D eigenvalue weighted by molar-refractivity contribution is -0.121. The van der Waals surface area contributed by atoms with Gasteiger partial charge in [0.15, 0.2) is 11.6 Å². The van der Waals surface area contributed by atoms with Crippen LogP contribution in [0.3, 0.4) is 0 Å². The molecule has 0 aliphatic heterocycles. The molecule has 34 heavy (non-hydrogen) atoms. The predicted molar refractivity (Wildman–Crippen MR) is 126 cm³/mol. The van der Waals surface area contributed by atoms with Gasteiger partial charge in [-0.05, 0) is 41.5 Å². The van der Waals surface area contributed by atoms with E-state index in [-0.39, 0.29) is 23.6 Å². The third-order valence-electron chi connectivity index (χ3n) is 4.82. The standard InChI is InChI=1S/C20H18Cl2N6O4S2/c1-2-15(26-34(30,31)20-7-6-18(33-20)16-8-9-32-25-16)17(29)11-28-24-19(23-27-28)10-12-13(21)4-3-5-14(12)22/h3-9,15,26H,2,10-11H2,1H3. The van der Waals surface area contributed by atoms with Crippen LogP contribution < -0.4 is 4.72 Å². The molecule has 0 bridgehead atoms. The van der Waals surface area contributed by atoms with Crippen LogP contribution >= 0.6 is 34.5 Å². The fourth-order valence-corrected chi connectivity index (χ4v) is 6.21. The molecule has 14 heteroatoms. The van der Waals surface area contributed by atoms with Crippen LogP contribution in [0, 0.1) is 0 Å². The summed E-state index contributed by atoms with van der Waals surface area (Å²) in [5.41, 5.74) is 1.18. The fraction of sp³-hybridized carbons (Fsp3) is 0.250. The number of carbonyl (C=O) groups is 1. The number of hydrogen-bond acceptors (Lipinski definition) is 9. The molecular formula is C20H18Cl2N6O4S2. The summed E-state index contributed by atoms with van der Waals surface area (Å²) in [4.78, 5) is 14.6. The normalized spacial score (nSPS) is 12.7. The van der Waals surface area contributed by atoms with E-state index in [0.717, 1.165) is 16.1 Å². The molecule has 0 fully saturated rings. The van der Waals surface area contributed by atoms with Crippen LogP contribution in [0.25, 0.3) is 10.6 Å². The largest absolute Gasteiger partial charge is 0.364 e. The number of tetrazole rings is 1. The SMILES string of the molecule is CCC(NS(=O)(=O)c1ccc(-c2ccon2)s1)C(=O)Cn1nnc(Cc2c(Cl)cccc2Cl)n1. The van der Waals surface area contributed by atoms with Gasteiger partial charge < -0.3 is 4.52 Å². The van der Waals surface area contributed by atoms with Gasteiger partial charge in [0.1, 0.15) is 22.7 Å². The van der Waals surface area contributed by atoms with Crippen LogP contribution in [-0.4, -0.2) is 45.6 Å². The van der Waals surface area contributed by atoms with Crippen LogP contribution in [0.4, 0.5) is 0 Å². The maximum absolute atomic E-state index is 12.8. The number of thiophene rings is 1. The number of ketones is 1. The molecule has 0 saturated carbocycles. The molecule has 1 atom stereocenters. The van der Waals surface area contributed by atoms with Crippen molar-refractivity contribution in [2.24, 2.45) is 0 Å². The van der Waals surface area contributed by atoms with Gasteiger partial charge in [-0.3, -0.25) is 4.79 Å². The highest BCUT2D eigenvalue weighted by Gasteiger charge is 2.26. The Morgan fingerprint density at radius 1 is 1.21 bits per heavy atom. The summed E-state index contributed by atoms with van der Waals surface area (Å²) in [6.07, 6.45) is 1.89. The first kappa shape index (κ1) is 24.5. The van der Waals surface area contributed by atoms with Crippen molar-refractivity contribution < 1.29 is 17.7 Å². The summed E-state index contributed by atoms with van der Waals surface area (Å²) in [5, 5.41) is 16.8. The lowest BCUT2D eigenvalue weighted by Gasteiger charge is -2.14. The molecule has 1 unspecified atom stereocenters. The number of Topliss-reactive ketones (excluding diaryl/α,β-unsaturated/α-hetero) is 1. The van der Waals surface area contributed by atoms with Gasteiger partial charge in [0, 0.05) is 22.5 Å². The van der Waals surface area contributed by atoms with Gasteiger partial charge in [0.2, 0.25) is 0 Å². The molecule has 0 amide bonds. The van der Waals surface area contributed by atoms with E-state index in [0.29, 0.717) is 32.0 Å². The van der Waals surface area contributed by atoms with Crippen molar-refractivity contribution in [1.29, 1.82) is 0 Å². The Kier molecular flexibility index (Phi) is 7.43. The first-order chi connectivity index (χ1) is 16.3. The van der Waals surface area contributed by atoms with Gasteiger partial charge in [-0.1, -0.05) is 41.3 Å². The highest BCUT2D eigenvalue weighted by Crippen LogP contribution is 2.30. The predicted octanol–water partition coefficient (Wildman–Crippen LogP) is 3.61. The van der Waals surface area contributed by atoms with Gasteiger partial charge in [0.05, 0.1) is 10.9 Å². The van der Waals surface area contributed by atoms with Crippen LogP contribution in [0.15, 0.2) is 51.4 Å². The van der Waals surface area contributed by atoms with Crippen molar-refractivity contribution in [2.45, 2.75) is 36.6 Å². The summed E-state index contributed by atoms with van der Waals surface area (Å²) in [5.74, 6) is -0.0746. The zero-order chi connectivity index (χ0) is 24.3. The zero-order valence-corrected chi connectivity index (χ0v) is 20.8. The number of carbonyl (C=O) groups excluding carboxylic acids is 1. The number of hydrogen-bond donors (Lipinski definition) is 1. The Bertz CT molecular complexity index is 1380. The van der Waals surface area contributed by atoms with E-state index in [1.807, 2.05) is 0 Å². The first-order valence-corrected chi connectivity index (χ1v) is 13.1. The van der Waals surface area contributed by atoms with Crippen molar-refractivity contribution in [1.82, 2.24) is 30.1 Å². The van der Waals surface area contributed by atoms with Crippen LogP contribution in [0.1, 0.15) is 24.7 Å². The molecule has 3 aromatic heterocycles. The first-order valence-electron chi connectivity index (χ1n) is 10.0.